The number of nitrogens with zero attached hydrogens (tertiary/aromatic N) is 1. The molecule has 2 aromatic carbocycles. The van der Waals surface area contributed by atoms with Crippen LogP contribution in [0.2, 0.25) is 10.0 Å². The van der Waals surface area contributed by atoms with Crippen LogP contribution in [0.15, 0.2) is 42.5 Å². The number of cyclic esters (lactones) is 1. The van der Waals surface area contributed by atoms with Gasteiger partial charge in [-0.1, -0.05) is 35.3 Å². The molecular formula is C18H16Cl2N2O4. The fourth-order valence-corrected chi connectivity index (χ4v) is 3.34. The van der Waals surface area contributed by atoms with Crippen molar-refractivity contribution in [2.45, 2.75) is 12.1 Å². The van der Waals surface area contributed by atoms with Gasteiger partial charge in [0.25, 0.3) is 5.91 Å². The first kappa shape index (κ1) is 18.4. The number of ether oxygens (including phenoxy) is 2. The Balaban J connectivity index is 2.14. The molecule has 1 unspecified atom stereocenters. The van der Waals surface area contributed by atoms with Crippen molar-refractivity contribution >= 4 is 35.2 Å². The highest BCUT2D eigenvalue weighted by atomic mass is 35.5. The van der Waals surface area contributed by atoms with Crippen molar-refractivity contribution < 1.29 is 19.1 Å². The summed E-state index contributed by atoms with van der Waals surface area (Å²) in [6.45, 7) is 0.0149. The summed E-state index contributed by atoms with van der Waals surface area (Å²) in [4.78, 5) is 25.3. The van der Waals surface area contributed by atoms with Crippen LogP contribution in [0.1, 0.15) is 17.2 Å². The number of primary amides is 1. The van der Waals surface area contributed by atoms with Crippen molar-refractivity contribution in [3.63, 3.8) is 0 Å². The Morgan fingerprint density at radius 2 is 2.00 bits per heavy atom. The highest BCUT2D eigenvalue weighted by molar-refractivity contribution is 6.31. The molecule has 8 heteroatoms. The Bertz CT molecular complexity index is 859. The van der Waals surface area contributed by atoms with Gasteiger partial charge in [-0.3, -0.25) is 9.69 Å². The molecule has 0 saturated carbocycles. The Labute approximate surface area is 160 Å². The van der Waals surface area contributed by atoms with Crippen molar-refractivity contribution in [1.82, 2.24) is 4.90 Å². The molecule has 2 N–H and O–H groups in total. The normalized spacial score (nSPS) is 17.7. The molecule has 1 aliphatic rings. The number of methoxy groups -OCH3 is 1. The molecule has 1 heterocycles. The summed E-state index contributed by atoms with van der Waals surface area (Å²) < 4.78 is 10.5. The first-order chi connectivity index (χ1) is 12.4. The Morgan fingerprint density at radius 3 is 2.62 bits per heavy atom. The fourth-order valence-electron chi connectivity index (χ4n) is 2.96. The minimum Gasteiger partial charge on any atom is -0.496 e. The quantitative estimate of drug-likeness (QED) is 0.842. The molecule has 2 aromatic rings. The van der Waals surface area contributed by atoms with E-state index in [9.17, 15) is 9.59 Å². The zero-order valence-corrected chi connectivity index (χ0v) is 15.3. The minimum atomic E-state index is -1.02. The predicted octanol–water partition coefficient (Wildman–Crippen LogP) is 3.40. The molecule has 0 spiro atoms. The lowest BCUT2D eigenvalue weighted by Crippen LogP contribution is -2.35. The standard InChI is InChI=1S/C18H16Cl2N2O4/c1-25-14-6-5-12(20)8-13(14)16(10-3-2-4-11(19)7-10)22-9-15(17(21)23)26-18(22)24/h2-8,15-16H,9H2,1H3,(H2,21,23)/t15?,16-/m0/s1. The summed E-state index contributed by atoms with van der Waals surface area (Å²) >= 11 is 12.3. The van der Waals surface area contributed by atoms with Crippen LogP contribution < -0.4 is 10.5 Å². The van der Waals surface area contributed by atoms with E-state index in [0.717, 1.165) is 5.56 Å². The first-order valence-corrected chi connectivity index (χ1v) is 8.51. The van der Waals surface area contributed by atoms with Crippen LogP contribution in [0.3, 0.4) is 0 Å². The van der Waals surface area contributed by atoms with Crippen LogP contribution in [-0.2, 0) is 9.53 Å². The SMILES string of the molecule is COc1ccc(Cl)cc1[C@H](c1cccc(Cl)c1)N1CC(C(N)=O)OC1=O. The Morgan fingerprint density at radius 1 is 1.27 bits per heavy atom. The maximum Gasteiger partial charge on any atom is 0.411 e. The van der Waals surface area contributed by atoms with Crippen LogP contribution in [-0.4, -0.2) is 36.7 Å². The van der Waals surface area contributed by atoms with Crippen molar-refractivity contribution in [2.24, 2.45) is 5.73 Å². The van der Waals surface area contributed by atoms with E-state index in [0.29, 0.717) is 21.4 Å². The lowest BCUT2D eigenvalue weighted by atomic mass is 9.96. The third-order valence-electron chi connectivity index (χ3n) is 4.12. The van der Waals surface area contributed by atoms with Gasteiger partial charge < -0.3 is 15.2 Å². The smallest absolute Gasteiger partial charge is 0.411 e. The van der Waals surface area contributed by atoms with Gasteiger partial charge in [0.05, 0.1) is 19.7 Å². The summed E-state index contributed by atoms with van der Waals surface area (Å²) in [6.07, 6.45) is -1.67. The molecule has 1 saturated heterocycles. The fraction of sp³-hybridized carbons (Fsp3) is 0.222. The van der Waals surface area contributed by atoms with E-state index in [4.69, 9.17) is 38.4 Å². The van der Waals surface area contributed by atoms with Crippen molar-refractivity contribution in [3.8, 4) is 5.75 Å². The van der Waals surface area contributed by atoms with Crippen LogP contribution in [0.4, 0.5) is 4.79 Å². The van der Waals surface area contributed by atoms with E-state index < -0.39 is 24.1 Å². The second-order valence-electron chi connectivity index (χ2n) is 5.77. The lowest BCUT2D eigenvalue weighted by molar-refractivity contribution is -0.124. The van der Waals surface area contributed by atoms with E-state index in [1.54, 1.807) is 36.4 Å². The summed E-state index contributed by atoms with van der Waals surface area (Å²) in [7, 11) is 1.52. The van der Waals surface area contributed by atoms with Gasteiger partial charge in [0, 0.05) is 15.6 Å². The van der Waals surface area contributed by atoms with E-state index in [2.05, 4.69) is 0 Å². The van der Waals surface area contributed by atoms with Crippen LogP contribution in [0.25, 0.3) is 0 Å². The summed E-state index contributed by atoms with van der Waals surface area (Å²) in [5, 5.41) is 0.986. The van der Waals surface area contributed by atoms with Crippen LogP contribution >= 0.6 is 23.2 Å². The predicted molar refractivity (Wildman–Crippen MR) is 97.5 cm³/mol. The molecular weight excluding hydrogens is 379 g/mol. The number of rotatable bonds is 5. The zero-order chi connectivity index (χ0) is 18.8. The number of hydrogen-bond donors (Lipinski definition) is 1. The third kappa shape index (κ3) is 3.57. The molecule has 136 valence electrons. The average Bonchev–Trinajstić information content (AvgIpc) is 2.98. The number of carbonyl (C=O) groups is 2. The summed E-state index contributed by atoms with van der Waals surface area (Å²) in [6, 6.07) is 11.5. The maximum absolute atomic E-state index is 12.4. The van der Waals surface area contributed by atoms with E-state index in [-0.39, 0.29) is 6.54 Å². The van der Waals surface area contributed by atoms with Crippen molar-refractivity contribution in [2.75, 3.05) is 13.7 Å². The van der Waals surface area contributed by atoms with Gasteiger partial charge >= 0.3 is 6.09 Å². The van der Waals surface area contributed by atoms with E-state index >= 15 is 0 Å². The largest absolute Gasteiger partial charge is 0.496 e. The molecule has 2 amide bonds. The van der Waals surface area contributed by atoms with Gasteiger partial charge in [0.2, 0.25) is 0 Å². The molecule has 3 rings (SSSR count). The molecule has 0 radical (unpaired) electrons. The van der Waals surface area contributed by atoms with E-state index in [1.165, 1.54) is 12.0 Å². The molecule has 26 heavy (non-hydrogen) atoms. The van der Waals surface area contributed by atoms with Gasteiger partial charge in [0.1, 0.15) is 5.75 Å². The number of nitrogens with two attached hydrogens (primary N) is 1. The lowest BCUT2D eigenvalue weighted by Gasteiger charge is -2.28. The zero-order valence-electron chi connectivity index (χ0n) is 13.8. The van der Waals surface area contributed by atoms with E-state index in [1.807, 2.05) is 6.07 Å². The van der Waals surface area contributed by atoms with Gasteiger partial charge in [-0.2, -0.15) is 0 Å². The number of carbonyl (C=O) groups excluding carboxylic acids is 2. The monoisotopic (exact) mass is 394 g/mol. The van der Waals surface area contributed by atoms with Gasteiger partial charge in [-0.15, -0.1) is 0 Å². The molecule has 2 atom stereocenters. The first-order valence-electron chi connectivity index (χ1n) is 7.76. The molecule has 0 aliphatic carbocycles. The third-order valence-corrected chi connectivity index (χ3v) is 4.59. The topological polar surface area (TPSA) is 81.9 Å². The van der Waals surface area contributed by atoms with Gasteiger partial charge in [-0.25, -0.2) is 4.79 Å². The maximum atomic E-state index is 12.4. The number of benzene rings is 2. The summed E-state index contributed by atoms with van der Waals surface area (Å²) in [5.74, 6) is -0.168. The Hall–Kier alpha value is -2.44. The molecule has 1 aliphatic heterocycles. The second-order valence-corrected chi connectivity index (χ2v) is 6.64. The molecule has 6 nitrogen and oxygen atoms in total. The van der Waals surface area contributed by atoms with Crippen LogP contribution in [0, 0.1) is 0 Å². The second kappa shape index (κ2) is 7.43. The highest BCUT2D eigenvalue weighted by Gasteiger charge is 2.41. The van der Waals surface area contributed by atoms with Crippen molar-refractivity contribution in [3.05, 3.63) is 63.6 Å². The number of amides is 2. The van der Waals surface area contributed by atoms with Gasteiger partial charge in [0.15, 0.2) is 6.10 Å². The minimum absolute atomic E-state index is 0.0149. The Kier molecular flexibility index (Phi) is 5.25. The summed E-state index contributed by atoms with van der Waals surface area (Å²) in [5.41, 5.74) is 6.66. The number of halogens is 2. The molecule has 0 bridgehead atoms. The number of hydrogen-bond acceptors (Lipinski definition) is 4. The van der Waals surface area contributed by atoms with Crippen molar-refractivity contribution in [1.29, 1.82) is 0 Å². The average molecular weight is 395 g/mol. The molecule has 0 aromatic heterocycles. The van der Waals surface area contributed by atoms with Crippen LogP contribution in [0.5, 0.6) is 5.75 Å². The molecule has 1 fully saturated rings. The highest BCUT2D eigenvalue weighted by Crippen LogP contribution is 2.39. The van der Waals surface area contributed by atoms with Gasteiger partial charge in [-0.05, 0) is 35.9 Å².